The summed E-state index contributed by atoms with van der Waals surface area (Å²) in [7, 11) is 0. The molecule has 2 aromatic heterocycles. The molecule has 14 rings (SSSR count). The lowest BCUT2D eigenvalue weighted by Gasteiger charge is -2.35. The van der Waals surface area contributed by atoms with Crippen LogP contribution in [0.15, 0.2) is 158 Å². The van der Waals surface area contributed by atoms with Crippen molar-refractivity contribution in [2.45, 2.75) is 80.1 Å². The summed E-state index contributed by atoms with van der Waals surface area (Å²) in [6.07, 6.45) is 0. The minimum Gasteiger partial charge on any atom is -0.310 e. The molecule has 3 nitrogen and oxygen atoms in total. The molecule has 12 aromatic rings. The van der Waals surface area contributed by atoms with Gasteiger partial charge in [-0.3, -0.25) is 0 Å². The predicted octanol–water partition coefficient (Wildman–Crippen LogP) is 15.8. The van der Waals surface area contributed by atoms with E-state index in [1.165, 1.54) is 137 Å². The van der Waals surface area contributed by atoms with Gasteiger partial charge in [-0.05, 0) is 172 Å². The number of aryl methyl sites for hydroxylation is 4. The van der Waals surface area contributed by atoms with Crippen molar-refractivity contribution in [1.82, 2.24) is 9.13 Å². The largest absolute Gasteiger partial charge is 0.310 e. The zero-order valence-electron chi connectivity index (χ0n) is 41.9. The number of hydrogen-bond donors (Lipinski definition) is 0. The Labute approximate surface area is 410 Å². The third-order valence-corrected chi connectivity index (χ3v) is 16.1. The Morgan fingerprint density at radius 1 is 0.386 bits per heavy atom. The highest BCUT2D eigenvalue weighted by Crippen LogP contribution is 2.48. The van der Waals surface area contributed by atoms with Gasteiger partial charge in [-0.25, -0.2) is 0 Å². The van der Waals surface area contributed by atoms with Crippen LogP contribution in [0.25, 0.3) is 87.3 Å². The van der Waals surface area contributed by atoms with Crippen molar-refractivity contribution in [1.29, 1.82) is 0 Å². The maximum Gasteiger partial charge on any atom is 0.252 e. The molecule has 0 saturated carbocycles. The average molecular weight is 902 g/mol. The number of hydrogen-bond acceptors (Lipinski definition) is 1. The molecule has 70 heavy (non-hydrogen) atoms. The van der Waals surface area contributed by atoms with Crippen LogP contribution in [0, 0.1) is 27.7 Å². The van der Waals surface area contributed by atoms with Crippen molar-refractivity contribution >= 4 is 116 Å². The molecule has 4 heteroatoms. The van der Waals surface area contributed by atoms with Crippen LogP contribution >= 0.6 is 0 Å². The first-order valence-corrected chi connectivity index (χ1v) is 25.2. The summed E-state index contributed by atoms with van der Waals surface area (Å²) in [4.78, 5) is 2.45. The third-order valence-electron chi connectivity index (χ3n) is 16.1. The van der Waals surface area contributed by atoms with E-state index in [4.69, 9.17) is 0 Å². The highest BCUT2D eigenvalue weighted by molar-refractivity contribution is 7.00. The highest BCUT2D eigenvalue weighted by atomic mass is 15.1. The Morgan fingerprint density at radius 3 is 1.43 bits per heavy atom. The molecule has 0 aliphatic carbocycles. The van der Waals surface area contributed by atoms with Crippen molar-refractivity contribution in [2.75, 3.05) is 4.90 Å². The van der Waals surface area contributed by atoms with E-state index in [1.807, 2.05) is 0 Å². The van der Waals surface area contributed by atoms with Crippen LogP contribution in [0.4, 0.5) is 17.1 Å². The number of rotatable bonds is 3. The van der Waals surface area contributed by atoms with E-state index in [9.17, 15) is 0 Å². The number of anilines is 3. The van der Waals surface area contributed by atoms with E-state index in [1.54, 1.807) is 0 Å². The van der Waals surface area contributed by atoms with E-state index in [0.29, 0.717) is 0 Å². The van der Waals surface area contributed by atoms with Gasteiger partial charge in [0.25, 0.3) is 6.71 Å². The molecule has 0 saturated heterocycles. The van der Waals surface area contributed by atoms with Crippen LogP contribution in [0.3, 0.4) is 0 Å². The second-order valence-corrected chi connectivity index (χ2v) is 22.9. The first-order valence-electron chi connectivity index (χ1n) is 25.2. The quantitative estimate of drug-likeness (QED) is 0.127. The van der Waals surface area contributed by atoms with E-state index < -0.39 is 0 Å². The Morgan fingerprint density at radius 2 is 0.871 bits per heavy atom. The van der Waals surface area contributed by atoms with Gasteiger partial charge in [-0.2, -0.15) is 0 Å². The molecule has 10 aromatic carbocycles. The van der Waals surface area contributed by atoms with Crippen LogP contribution in [-0.2, 0) is 10.8 Å². The maximum absolute atomic E-state index is 2.68. The van der Waals surface area contributed by atoms with Gasteiger partial charge in [0.05, 0.1) is 16.7 Å². The third kappa shape index (κ3) is 5.65. The molecule has 4 heterocycles. The van der Waals surface area contributed by atoms with Crippen molar-refractivity contribution < 1.29 is 0 Å². The zero-order valence-corrected chi connectivity index (χ0v) is 41.9. The molecule has 0 bridgehead atoms. The summed E-state index contributed by atoms with van der Waals surface area (Å²) in [5.74, 6) is 0. The van der Waals surface area contributed by atoms with Crippen molar-refractivity contribution in [2.24, 2.45) is 0 Å². The minimum atomic E-state index is 0.0507. The Balaban J connectivity index is 1.14. The summed E-state index contributed by atoms with van der Waals surface area (Å²) in [5.41, 5.74) is 23.3. The summed E-state index contributed by atoms with van der Waals surface area (Å²) in [6, 6.07) is 61.6. The Bertz CT molecular complexity index is 4220. The first-order chi connectivity index (χ1) is 33.6. The molecule has 0 spiro atoms. The molecule has 0 N–H and O–H groups in total. The van der Waals surface area contributed by atoms with Crippen molar-refractivity contribution in [3.05, 3.63) is 191 Å². The van der Waals surface area contributed by atoms with Gasteiger partial charge in [0.2, 0.25) is 0 Å². The fourth-order valence-electron chi connectivity index (χ4n) is 12.9. The van der Waals surface area contributed by atoms with Crippen LogP contribution in [0.5, 0.6) is 0 Å². The van der Waals surface area contributed by atoms with Crippen molar-refractivity contribution in [3.63, 3.8) is 0 Å². The fraction of sp³-hybridized carbons (Fsp3) is 0.182. The zero-order chi connectivity index (χ0) is 47.9. The molecule has 0 unspecified atom stereocenters. The second-order valence-electron chi connectivity index (χ2n) is 22.9. The van der Waals surface area contributed by atoms with Crippen LogP contribution < -0.4 is 21.3 Å². The monoisotopic (exact) mass is 901 g/mol. The van der Waals surface area contributed by atoms with Crippen LogP contribution in [0.1, 0.15) is 74.9 Å². The summed E-state index contributed by atoms with van der Waals surface area (Å²) in [6.45, 7) is 22.8. The first kappa shape index (κ1) is 41.4. The fourth-order valence-corrected chi connectivity index (χ4v) is 12.9. The Hall–Kier alpha value is -7.56. The number of benzene rings is 10. The van der Waals surface area contributed by atoms with Gasteiger partial charge in [0.15, 0.2) is 0 Å². The molecule has 2 aliphatic rings. The SMILES string of the molecule is Cc1ccc2c(c1)c1cc(C)cc3c1n2-c1cc2c4ccc(N(c5ccc(C(C)(C)C)cc5)c5ccc(C(C)(C)C)cc5)cc4c4ccccc4c2c2c1B3c1cc(C)cc3c4cc(C)ccc4n-2c13. The molecule has 0 atom stereocenters. The average Bonchev–Trinajstić information content (AvgIpc) is 3.83. The van der Waals surface area contributed by atoms with Crippen molar-refractivity contribution in [3.8, 4) is 11.4 Å². The molecular weight excluding hydrogens is 846 g/mol. The number of aromatic nitrogens is 2. The molecule has 0 amide bonds. The summed E-state index contributed by atoms with van der Waals surface area (Å²) < 4.78 is 5.32. The normalized spacial score (nSPS) is 13.3. The van der Waals surface area contributed by atoms with Gasteiger partial charge in [-0.1, -0.05) is 143 Å². The molecule has 338 valence electrons. The summed E-state index contributed by atoms with van der Waals surface area (Å²) in [5, 5.41) is 13.0. The van der Waals surface area contributed by atoms with Gasteiger partial charge >= 0.3 is 0 Å². The van der Waals surface area contributed by atoms with Crippen LogP contribution in [-0.4, -0.2) is 15.8 Å². The minimum absolute atomic E-state index is 0.0507. The van der Waals surface area contributed by atoms with Crippen LogP contribution in [0.2, 0.25) is 0 Å². The lowest BCUT2D eigenvalue weighted by molar-refractivity contribution is 0.590. The number of nitrogens with zero attached hydrogens (tertiary/aromatic N) is 3. The lowest BCUT2D eigenvalue weighted by atomic mass is 9.34. The molecular formula is C66H56BN3. The van der Waals surface area contributed by atoms with E-state index in [-0.39, 0.29) is 17.5 Å². The predicted molar refractivity (Wildman–Crippen MR) is 303 cm³/mol. The van der Waals surface area contributed by atoms with Gasteiger partial charge in [0.1, 0.15) is 0 Å². The summed E-state index contributed by atoms with van der Waals surface area (Å²) >= 11 is 0. The molecule has 2 aliphatic heterocycles. The maximum atomic E-state index is 2.68. The molecule has 0 fully saturated rings. The van der Waals surface area contributed by atoms with E-state index >= 15 is 0 Å². The van der Waals surface area contributed by atoms with Gasteiger partial charge < -0.3 is 14.0 Å². The van der Waals surface area contributed by atoms with Gasteiger partial charge in [0, 0.05) is 60.7 Å². The second kappa shape index (κ2) is 14.0. The highest BCUT2D eigenvalue weighted by Gasteiger charge is 2.42. The number of fused-ring (bicyclic) bond motifs is 17. The standard InChI is InChI=1S/C66H56BN3/c1-37-15-27-57-50(29-37)53-31-39(3)33-55-62(53)69(57)59-36-52-47-26-25-45(68(43-21-17-41(18-22-43)65(5,6)7)44-23-19-42(20-24-44)66(8,9)10)35-49(47)46-13-11-12-14-48(46)60(52)64-61(59)67(55)56-34-40(4)32-54-51-30-38(2)16-28-58(51)70(64)63(54)56/h11-36H,1-10H3. The smallest absolute Gasteiger partial charge is 0.252 e. The topological polar surface area (TPSA) is 13.1 Å². The molecule has 0 radical (unpaired) electrons. The van der Waals surface area contributed by atoms with E-state index in [2.05, 4.69) is 241 Å². The Kier molecular flexibility index (Phi) is 8.31. The van der Waals surface area contributed by atoms with E-state index in [0.717, 1.165) is 17.1 Å². The lowest BCUT2D eigenvalue weighted by Crippen LogP contribution is -2.59. The van der Waals surface area contributed by atoms with Gasteiger partial charge in [-0.15, -0.1) is 0 Å².